The average molecular weight is 212 g/mol. The van der Waals surface area contributed by atoms with Crippen molar-refractivity contribution in [2.75, 3.05) is 11.4 Å². The first-order valence-corrected chi connectivity index (χ1v) is 4.99. The van der Waals surface area contributed by atoms with E-state index in [0.29, 0.717) is 11.6 Å². The molecule has 1 rings (SSSR count). The summed E-state index contributed by atoms with van der Waals surface area (Å²) in [4.78, 5) is 13.0. The van der Waals surface area contributed by atoms with Crippen LogP contribution in [0.1, 0.15) is 19.4 Å². The molecule has 0 aliphatic heterocycles. The molecule has 0 saturated heterocycles. The fourth-order valence-corrected chi connectivity index (χ4v) is 1.62. The summed E-state index contributed by atoms with van der Waals surface area (Å²) in [5.74, 6) is 0.0397. The zero-order valence-electron chi connectivity index (χ0n) is 8.67. The Hall–Kier alpha value is -1.02. The number of hydrogen-bond donors (Lipinski definition) is 0. The number of anilines is 1. The lowest BCUT2D eigenvalue weighted by Crippen LogP contribution is -2.28. The summed E-state index contributed by atoms with van der Waals surface area (Å²) < 4.78 is 0. The molecule has 2 nitrogen and oxygen atoms in total. The van der Waals surface area contributed by atoms with E-state index in [1.54, 1.807) is 11.8 Å². The molecule has 0 saturated carbocycles. The Morgan fingerprint density at radius 2 is 2.14 bits per heavy atom. The summed E-state index contributed by atoms with van der Waals surface area (Å²) in [5, 5.41) is 0.696. The van der Waals surface area contributed by atoms with Gasteiger partial charge >= 0.3 is 0 Å². The molecule has 0 aliphatic rings. The summed E-state index contributed by atoms with van der Waals surface area (Å²) in [6.45, 7) is 6.09. The van der Waals surface area contributed by atoms with Gasteiger partial charge in [0.1, 0.15) is 0 Å². The molecule has 3 heteroatoms. The van der Waals surface area contributed by atoms with Crippen LogP contribution >= 0.6 is 11.6 Å². The fraction of sp³-hybridized carbons (Fsp3) is 0.364. The van der Waals surface area contributed by atoms with E-state index in [4.69, 9.17) is 11.6 Å². The van der Waals surface area contributed by atoms with E-state index in [1.165, 1.54) is 0 Å². The topological polar surface area (TPSA) is 20.3 Å². The van der Waals surface area contributed by atoms with Gasteiger partial charge in [0.05, 0.1) is 0 Å². The second-order valence-corrected chi connectivity index (χ2v) is 3.55. The minimum atomic E-state index is 0.0397. The largest absolute Gasteiger partial charge is 0.313 e. The van der Waals surface area contributed by atoms with Crippen molar-refractivity contribution in [3.8, 4) is 0 Å². The van der Waals surface area contributed by atoms with Gasteiger partial charge in [-0.1, -0.05) is 17.7 Å². The van der Waals surface area contributed by atoms with Crippen LogP contribution in [-0.4, -0.2) is 12.5 Å². The standard InChI is InChI=1S/C11H14ClNO/c1-4-13(9(3)14)11-7-5-6-10(12)8(11)2/h5-7H,4H2,1-3H3. The van der Waals surface area contributed by atoms with Crippen LogP contribution in [-0.2, 0) is 4.79 Å². The lowest BCUT2D eigenvalue weighted by molar-refractivity contribution is -0.116. The predicted octanol–water partition coefficient (Wildman–Crippen LogP) is 3.02. The van der Waals surface area contributed by atoms with Gasteiger partial charge in [0.15, 0.2) is 0 Å². The zero-order chi connectivity index (χ0) is 10.7. The second-order valence-electron chi connectivity index (χ2n) is 3.15. The van der Waals surface area contributed by atoms with Gasteiger partial charge in [-0.2, -0.15) is 0 Å². The van der Waals surface area contributed by atoms with E-state index in [9.17, 15) is 4.79 Å². The number of carbonyl (C=O) groups excluding carboxylic acids is 1. The van der Waals surface area contributed by atoms with Gasteiger partial charge < -0.3 is 4.90 Å². The van der Waals surface area contributed by atoms with Crippen LogP contribution in [0.25, 0.3) is 0 Å². The summed E-state index contributed by atoms with van der Waals surface area (Å²) in [7, 11) is 0. The summed E-state index contributed by atoms with van der Waals surface area (Å²) in [6, 6.07) is 5.59. The van der Waals surface area contributed by atoms with Gasteiger partial charge in [-0.25, -0.2) is 0 Å². The number of rotatable bonds is 2. The number of nitrogens with zero attached hydrogens (tertiary/aromatic N) is 1. The smallest absolute Gasteiger partial charge is 0.223 e. The molecule has 1 aromatic carbocycles. The van der Waals surface area contributed by atoms with Crippen molar-refractivity contribution in [1.29, 1.82) is 0 Å². The maximum absolute atomic E-state index is 11.3. The van der Waals surface area contributed by atoms with Crippen molar-refractivity contribution in [1.82, 2.24) is 0 Å². The van der Waals surface area contributed by atoms with Crippen LogP contribution in [0.2, 0.25) is 5.02 Å². The highest BCUT2D eigenvalue weighted by Gasteiger charge is 2.12. The Labute approximate surface area is 89.5 Å². The average Bonchev–Trinajstić information content (AvgIpc) is 2.13. The van der Waals surface area contributed by atoms with E-state index < -0.39 is 0 Å². The molecule has 76 valence electrons. The van der Waals surface area contributed by atoms with Crippen molar-refractivity contribution in [3.05, 3.63) is 28.8 Å². The maximum atomic E-state index is 11.3. The van der Waals surface area contributed by atoms with Gasteiger partial charge in [0, 0.05) is 24.2 Å². The molecular formula is C11H14ClNO. The van der Waals surface area contributed by atoms with Crippen molar-refractivity contribution >= 4 is 23.2 Å². The molecule has 0 aliphatic carbocycles. The highest BCUT2D eigenvalue weighted by Crippen LogP contribution is 2.26. The minimum absolute atomic E-state index is 0.0397. The van der Waals surface area contributed by atoms with E-state index in [0.717, 1.165) is 11.3 Å². The van der Waals surface area contributed by atoms with Gasteiger partial charge in [0.25, 0.3) is 0 Å². The molecule has 0 heterocycles. The molecule has 0 N–H and O–H groups in total. The summed E-state index contributed by atoms with van der Waals surface area (Å²) in [5.41, 5.74) is 1.85. The Morgan fingerprint density at radius 3 is 2.64 bits per heavy atom. The second kappa shape index (κ2) is 4.47. The third-order valence-electron chi connectivity index (χ3n) is 2.23. The first kappa shape index (κ1) is 11.1. The molecule has 1 aromatic rings. The number of benzene rings is 1. The lowest BCUT2D eigenvalue weighted by atomic mass is 10.2. The number of hydrogen-bond acceptors (Lipinski definition) is 1. The highest BCUT2D eigenvalue weighted by atomic mass is 35.5. The monoisotopic (exact) mass is 211 g/mol. The third-order valence-corrected chi connectivity index (χ3v) is 2.64. The Balaban J connectivity index is 3.16. The summed E-state index contributed by atoms with van der Waals surface area (Å²) in [6.07, 6.45) is 0. The third kappa shape index (κ3) is 2.07. The van der Waals surface area contributed by atoms with E-state index in [2.05, 4.69) is 0 Å². The molecular weight excluding hydrogens is 198 g/mol. The lowest BCUT2D eigenvalue weighted by Gasteiger charge is -2.21. The summed E-state index contributed by atoms with van der Waals surface area (Å²) >= 11 is 5.98. The van der Waals surface area contributed by atoms with Gasteiger partial charge in [-0.3, -0.25) is 4.79 Å². The molecule has 0 bridgehead atoms. The molecule has 0 radical (unpaired) electrons. The van der Waals surface area contributed by atoms with Crippen LogP contribution in [0.3, 0.4) is 0 Å². The molecule has 0 aromatic heterocycles. The van der Waals surface area contributed by atoms with Crippen LogP contribution in [0.5, 0.6) is 0 Å². The quantitative estimate of drug-likeness (QED) is 0.737. The van der Waals surface area contributed by atoms with Crippen molar-refractivity contribution in [2.24, 2.45) is 0 Å². The minimum Gasteiger partial charge on any atom is -0.313 e. The van der Waals surface area contributed by atoms with Gasteiger partial charge in [0.2, 0.25) is 5.91 Å². The Kier molecular flexibility index (Phi) is 3.53. The fourth-order valence-electron chi connectivity index (χ4n) is 1.45. The molecule has 0 spiro atoms. The molecule has 0 atom stereocenters. The van der Waals surface area contributed by atoms with Crippen molar-refractivity contribution in [2.45, 2.75) is 20.8 Å². The SMILES string of the molecule is CCN(C(C)=O)c1cccc(Cl)c1C. The van der Waals surface area contributed by atoms with E-state index in [-0.39, 0.29) is 5.91 Å². The van der Waals surface area contributed by atoms with Crippen molar-refractivity contribution in [3.63, 3.8) is 0 Å². The van der Waals surface area contributed by atoms with E-state index >= 15 is 0 Å². The molecule has 14 heavy (non-hydrogen) atoms. The number of carbonyl (C=O) groups is 1. The van der Waals surface area contributed by atoms with Crippen LogP contribution in [0, 0.1) is 6.92 Å². The normalized spacial score (nSPS) is 10.0. The van der Waals surface area contributed by atoms with Crippen molar-refractivity contribution < 1.29 is 4.79 Å². The molecule has 1 amide bonds. The molecule has 0 unspecified atom stereocenters. The first-order chi connectivity index (χ1) is 6.57. The Morgan fingerprint density at radius 1 is 1.50 bits per heavy atom. The van der Waals surface area contributed by atoms with Gasteiger partial charge in [-0.15, -0.1) is 0 Å². The zero-order valence-corrected chi connectivity index (χ0v) is 9.43. The van der Waals surface area contributed by atoms with Gasteiger partial charge in [-0.05, 0) is 31.5 Å². The predicted molar refractivity (Wildman–Crippen MR) is 59.9 cm³/mol. The van der Waals surface area contributed by atoms with Crippen LogP contribution < -0.4 is 4.90 Å². The number of amides is 1. The first-order valence-electron chi connectivity index (χ1n) is 4.61. The molecule has 0 fully saturated rings. The van der Waals surface area contributed by atoms with Crippen LogP contribution in [0.4, 0.5) is 5.69 Å². The maximum Gasteiger partial charge on any atom is 0.223 e. The Bertz CT molecular complexity index is 349. The van der Waals surface area contributed by atoms with Crippen LogP contribution in [0.15, 0.2) is 18.2 Å². The highest BCUT2D eigenvalue weighted by molar-refractivity contribution is 6.31. The number of halogens is 1. The van der Waals surface area contributed by atoms with E-state index in [1.807, 2.05) is 32.0 Å².